The van der Waals surface area contributed by atoms with Crippen molar-refractivity contribution >= 4 is 11.6 Å². The summed E-state index contributed by atoms with van der Waals surface area (Å²) in [6.07, 6.45) is 5.18. The lowest BCUT2D eigenvalue weighted by Crippen LogP contribution is -2.06. The van der Waals surface area contributed by atoms with Crippen molar-refractivity contribution in [2.24, 2.45) is 0 Å². The van der Waals surface area contributed by atoms with Crippen LogP contribution in [0.5, 0.6) is 0 Å². The Hall–Kier alpha value is -2.17. The summed E-state index contributed by atoms with van der Waals surface area (Å²) in [4.78, 5) is 12.7. The first-order chi connectivity index (χ1) is 8.38. The first-order valence-corrected chi connectivity index (χ1v) is 5.58. The number of rotatable bonds is 5. The molecule has 2 rings (SSSR count). The Morgan fingerprint density at radius 3 is 2.65 bits per heavy atom. The molecule has 0 unspecified atom stereocenters. The van der Waals surface area contributed by atoms with Crippen LogP contribution in [-0.4, -0.2) is 21.5 Å². The number of nitrogens with one attached hydrogen (secondary N) is 2. The molecule has 2 heterocycles. The fourth-order valence-electron chi connectivity index (χ4n) is 1.40. The quantitative estimate of drug-likeness (QED) is 0.820. The third kappa shape index (κ3) is 3.41. The summed E-state index contributed by atoms with van der Waals surface area (Å²) in [5, 5.41) is 6.30. The topological polar surface area (TPSA) is 62.7 Å². The minimum Gasteiger partial charge on any atom is -0.369 e. The van der Waals surface area contributed by atoms with E-state index in [-0.39, 0.29) is 0 Å². The molecular weight excluding hydrogens is 214 g/mol. The Morgan fingerprint density at radius 2 is 1.94 bits per heavy atom. The van der Waals surface area contributed by atoms with Crippen LogP contribution in [0.4, 0.5) is 11.6 Å². The minimum absolute atomic E-state index is 0.644. The van der Waals surface area contributed by atoms with Gasteiger partial charge in [0, 0.05) is 12.7 Å². The third-order valence-corrected chi connectivity index (χ3v) is 2.17. The van der Waals surface area contributed by atoms with Gasteiger partial charge in [-0.15, -0.1) is 0 Å². The van der Waals surface area contributed by atoms with Crippen molar-refractivity contribution in [2.45, 2.75) is 13.5 Å². The second kappa shape index (κ2) is 5.79. The molecule has 0 atom stereocenters. The monoisotopic (exact) mass is 229 g/mol. The van der Waals surface area contributed by atoms with E-state index in [2.05, 4.69) is 25.6 Å². The van der Waals surface area contributed by atoms with Crippen LogP contribution in [0.2, 0.25) is 0 Å². The molecule has 2 N–H and O–H groups in total. The molecule has 5 nitrogen and oxygen atoms in total. The van der Waals surface area contributed by atoms with Crippen LogP contribution in [0.15, 0.2) is 36.8 Å². The number of pyridine rings is 1. The maximum absolute atomic E-state index is 4.37. The van der Waals surface area contributed by atoms with Crippen LogP contribution >= 0.6 is 0 Å². The normalized spacial score (nSPS) is 9.94. The molecule has 5 heteroatoms. The van der Waals surface area contributed by atoms with E-state index in [0.717, 1.165) is 23.9 Å². The molecule has 0 fully saturated rings. The standard InChI is InChI=1S/C12H15N5/c1-2-14-11-8-13-9-12(17-11)16-7-10-5-3-4-6-15-10/h3-6,8-9H,2,7H2,1H3,(H2,14,16,17). The molecule has 0 aliphatic heterocycles. The highest BCUT2D eigenvalue weighted by Gasteiger charge is 1.98. The van der Waals surface area contributed by atoms with Crippen molar-refractivity contribution in [2.75, 3.05) is 17.2 Å². The fraction of sp³-hybridized carbons (Fsp3) is 0.250. The minimum atomic E-state index is 0.644. The molecular formula is C12H15N5. The van der Waals surface area contributed by atoms with Crippen molar-refractivity contribution < 1.29 is 0 Å². The predicted molar refractivity (Wildman–Crippen MR) is 67.8 cm³/mol. The first kappa shape index (κ1) is 11.3. The fourth-order valence-corrected chi connectivity index (χ4v) is 1.40. The van der Waals surface area contributed by atoms with Crippen LogP contribution in [0.25, 0.3) is 0 Å². The lowest BCUT2D eigenvalue weighted by molar-refractivity contribution is 1.02. The molecule has 0 amide bonds. The van der Waals surface area contributed by atoms with Crippen LogP contribution in [0, 0.1) is 0 Å². The maximum Gasteiger partial charge on any atom is 0.147 e. The Balaban J connectivity index is 1.97. The van der Waals surface area contributed by atoms with E-state index in [1.807, 2.05) is 25.1 Å². The lowest BCUT2D eigenvalue weighted by atomic mass is 10.3. The average Bonchev–Trinajstić information content (AvgIpc) is 2.39. The zero-order valence-electron chi connectivity index (χ0n) is 9.72. The Kier molecular flexibility index (Phi) is 3.85. The van der Waals surface area contributed by atoms with Gasteiger partial charge in [-0.1, -0.05) is 6.07 Å². The molecule has 0 aliphatic rings. The van der Waals surface area contributed by atoms with Crippen LogP contribution < -0.4 is 10.6 Å². The zero-order chi connectivity index (χ0) is 11.9. The molecule has 88 valence electrons. The molecule has 0 aromatic carbocycles. The van der Waals surface area contributed by atoms with Gasteiger partial charge in [-0.25, -0.2) is 4.98 Å². The molecule has 2 aromatic heterocycles. The summed E-state index contributed by atoms with van der Waals surface area (Å²) in [6, 6.07) is 5.83. The second-order valence-corrected chi connectivity index (χ2v) is 3.49. The molecule has 2 aromatic rings. The van der Waals surface area contributed by atoms with Gasteiger partial charge in [0.25, 0.3) is 0 Å². The average molecular weight is 229 g/mol. The van der Waals surface area contributed by atoms with Crippen LogP contribution in [0.1, 0.15) is 12.6 Å². The van der Waals surface area contributed by atoms with E-state index in [9.17, 15) is 0 Å². The predicted octanol–water partition coefficient (Wildman–Crippen LogP) is 1.92. The Bertz CT molecular complexity index is 457. The summed E-state index contributed by atoms with van der Waals surface area (Å²) < 4.78 is 0. The van der Waals surface area contributed by atoms with Crippen molar-refractivity contribution in [3.63, 3.8) is 0 Å². The number of nitrogens with zero attached hydrogens (tertiary/aromatic N) is 3. The molecule has 17 heavy (non-hydrogen) atoms. The van der Waals surface area contributed by atoms with Crippen LogP contribution in [0.3, 0.4) is 0 Å². The van der Waals surface area contributed by atoms with Gasteiger partial charge < -0.3 is 10.6 Å². The number of aromatic nitrogens is 3. The van der Waals surface area contributed by atoms with Crippen molar-refractivity contribution in [3.8, 4) is 0 Å². The summed E-state index contributed by atoms with van der Waals surface area (Å²) in [5.74, 6) is 1.52. The van der Waals surface area contributed by atoms with E-state index >= 15 is 0 Å². The number of hydrogen-bond acceptors (Lipinski definition) is 5. The molecule has 0 aliphatic carbocycles. The molecule has 0 radical (unpaired) electrons. The van der Waals surface area contributed by atoms with E-state index in [1.165, 1.54) is 0 Å². The summed E-state index contributed by atoms with van der Waals surface area (Å²) >= 11 is 0. The molecule has 0 saturated heterocycles. The van der Waals surface area contributed by atoms with Gasteiger partial charge in [0.2, 0.25) is 0 Å². The second-order valence-electron chi connectivity index (χ2n) is 3.49. The molecule has 0 spiro atoms. The van der Waals surface area contributed by atoms with Gasteiger partial charge in [-0.3, -0.25) is 9.97 Å². The smallest absolute Gasteiger partial charge is 0.147 e. The highest BCUT2D eigenvalue weighted by Crippen LogP contribution is 2.07. The van der Waals surface area contributed by atoms with Gasteiger partial charge in [-0.2, -0.15) is 0 Å². The first-order valence-electron chi connectivity index (χ1n) is 5.58. The zero-order valence-corrected chi connectivity index (χ0v) is 9.72. The SMILES string of the molecule is CCNc1cncc(NCc2ccccn2)n1. The number of hydrogen-bond donors (Lipinski definition) is 2. The summed E-state index contributed by atoms with van der Waals surface area (Å²) in [7, 11) is 0. The largest absolute Gasteiger partial charge is 0.369 e. The third-order valence-electron chi connectivity index (χ3n) is 2.17. The maximum atomic E-state index is 4.37. The van der Waals surface area contributed by atoms with Gasteiger partial charge >= 0.3 is 0 Å². The van der Waals surface area contributed by atoms with E-state index in [1.54, 1.807) is 18.6 Å². The molecule has 0 bridgehead atoms. The van der Waals surface area contributed by atoms with Gasteiger partial charge in [-0.05, 0) is 19.1 Å². The van der Waals surface area contributed by atoms with Gasteiger partial charge in [0.05, 0.1) is 24.6 Å². The van der Waals surface area contributed by atoms with E-state index in [0.29, 0.717) is 6.54 Å². The van der Waals surface area contributed by atoms with Crippen LogP contribution in [-0.2, 0) is 6.54 Å². The molecule has 0 saturated carbocycles. The summed E-state index contributed by atoms with van der Waals surface area (Å²) in [5.41, 5.74) is 0.975. The van der Waals surface area contributed by atoms with Crippen molar-refractivity contribution in [1.29, 1.82) is 0 Å². The highest BCUT2D eigenvalue weighted by molar-refractivity contribution is 5.41. The van der Waals surface area contributed by atoms with Gasteiger partial charge in [0.1, 0.15) is 11.6 Å². The number of anilines is 2. The summed E-state index contributed by atoms with van der Waals surface area (Å²) in [6.45, 7) is 3.50. The van der Waals surface area contributed by atoms with E-state index in [4.69, 9.17) is 0 Å². The van der Waals surface area contributed by atoms with Crippen molar-refractivity contribution in [1.82, 2.24) is 15.0 Å². The Labute approximate surface area is 100 Å². The van der Waals surface area contributed by atoms with E-state index < -0.39 is 0 Å². The van der Waals surface area contributed by atoms with Gasteiger partial charge in [0.15, 0.2) is 0 Å². The Morgan fingerprint density at radius 1 is 1.12 bits per heavy atom. The van der Waals surface area contributed by atoms with Crippen molar-refractivity contribution in [3.05, 3.63) is 42.5 Å². The highest BCUT2D eigenvalue weighted by atomic mass is 15.1. The lowest BCUT2D eigenvalue weighted by Gasteiger charge is -2.06.